The number of hydrogen-bond acceptors (Lipinski definition) is 13. The van der Waals surface area contributed by atoms with E-state index in [9.17, 15) is 19.5 Å². The Hall–Kier alpha value is -3.55. The summed E-state index contributed by atoms with van der Waals surface area (Å²) in [5, 5.41) is 4.86. The van der Waals surface area contributed by atoms with E-state index in [1.165, 1.54) is 38.5 Å². The van der Waals surface area contributed by atoms with Gasteiger partial charge in [0.25, 0.3) is 0 Å². The second-order valence-electron chi connectivity index (χ2n) is 9.10. The van der Waals surface area contributed by atoms with Crippen molar-refractivity contribution in [1.29, 1.82) is 0 Å². The summed E-state index contributed by atoms with van der Waals surface area (Å²) < 4.78 is 26.3. The zero-order valence-corrected chi connectivity index (χ0v) is 24.5. The van der Waals surface area contributed by atoms with Crippen LogP contribution in [0.2, 0.25) is 0 Å². The molecule has 1 amide bonds. The van der Waals surface area contributed by atoms with E-state index in [0.29, 0.717) is 34.1 Å². The summed E-state index contributed by atoms with van der Waals surface area (Å²) in [6.07, 6.45) is 3.49. The summed E-state index contributed by atoms with van der Waals surface area (Å²) in [6.45, 7) is 0.0988. The van der Waals surface area contributed by atoms with Gasteiger partial charge in [0, 0.05) is 0 Å². The molecule has 0 spiro atoms. The second kappa shape index (κ2) is 13.2. The van der Waals surface area contributed by atoms with Crippen molar-refractivity contribution in [3.05, 3.63) is 71.3 Å². The molecule has 0 bridgehead atoms. The summed E-state index contributed by atoms with van der Waals surface area (Å²) in [5.41, 5.74) is 2.23. The van der Waals surface area contributed by atoms with Gasteiger partial charge in [0.2, 0.25) is 12.5 Å². The van der Waals surface area contributed by atoms with Crippen molar-refractivity contribution in [2.75, 3.05) is 26.3 Å². The van der Waals surface area contributed by atoms with Crippen LogP contribution in [0.15, 0.2) is 54.6 Å². The maximum absolute atomic E-state index is 13.3. The molecule has 1 aliphatic heterocycles. The van der Waals surface area contributed by atoms with Gasteiger partial charge >= 0.3 is 208 Å². The average Bonchev–Trinajstić information content (AvgIpc) is 3.39. The van der Waals surface area contributed by atoms with Gasteiger partial charge in [-0.3, -0.25) is 0 Å². The summed E-state index contributed by atoms with van der Waals surface area (Å²) in [6, 6.07) is 12.9. The molecule has 1 atom stereocenters. The number of ether oxygens (including phenoxy) is 4. The molecule has 3 aromatic rings. The molecule has 4 rings (SSSR count). The van der Waals surface area contributed by atoms with E-state index in [2.05, 4.69) is 14.9 Å². The van der Waals surface area contributed by atoms with Crippen molar-refractivity contribution in [1.82, 2.24) is 5.09 Å². The first-order valence-corrected chi connectivity index (χ1v) is 16.0. The quantitative estimate of drug-likeness (QED) is 0.107. The Balaban J connectivity index is 1.53. The van der Waals surface area contributed by atoms with E-state index >= 15 is 0 Å². The number of carbonyl (C=O) groups is 1. The molecule has 14 nitrogen and oxygen atoms in total. The van der Waals surface area contributed by atoms with E-state index < -0.39 is 28.2 Å². The predicted molar refractivity (Wildman–Crippen MR) is 157 cm³/mol. The Morgan fingerprint density at radius 1 is 0.905 bits per heavy atom. The van der Waals surface area contributed by atoms with E-state index in [1.54, 1.807) is 36.4 Å². The Labute approximate surface area is 241 Å². The monoisotopic (exact) mass is 626 g/mol. The van der Waals surface area contributed by atoms with E-state index in [1.807, 2.05) is 6.08 Å². The van der Waals surface area contributed by atoms with Gasteiger partial charge in [0.1, 0.15) is 0 Å². The zero-order valence-electron chi connectivity index (χ0n) is 22.5. The molecule has 0 aromatic heterocycles. The third-order valence-electron chi connectivity index (χ3n) is 5.93. The fourth-order valence-corrected chi connectivity index (χ4v) is 5.27. The van der Waals surface area contributed by atoms with Crippen LogP contribution in [0, 0.1) is 0 Å². The molecule has 16 heteroatoms. The average molecular weight is 626 g/mol. The third-order valence-corrected chi connectivity index (χ3v) is 7.18. The molecule has 0 radical (unpaired) electrons. The minimum absolute atomic E-state index is 0.0316. The van der Waals surface area contributed by atoms with Gasteiger partial charge in [-0.25, -0.2) is 0 Å². The molecule has 0 unspecified atom stereocenters. The number of benzene rings is 3. The summed E-state index contributed by atoms with van der Waals surface area (Å²) in [5.74, 6) is 1.19. The first kappa shape index (κ1) is 31.4. The van der Waals surface area contributed by atoms with Gasteiger partial charge in [-0.15, -0.1) is 0 Å². The van der Waals surface area contributed by atoms with Gasteiger partial charge in [-0.05, 0) is 0 Å². The molecule has 0 fully saturated rings. The number of hydrogen-bond donors (Lipinski definition) is 8. The van der Waals surface area contributed by atoms with Crippen LogP contribution in [-0.2, 0) is 11.2 Å². The normalized spacial score (nSPS) is 14.4. The molecule has 8 N–H and O–H groups in total. The van der Waals surface area contributed by atoms with Gasteiger partial charge in [0.05, 0.1) is 7.11 Å². The number of nitrogens with one attached hydrogen (secondary N) is 2. The van der Waals surface area contributed by atoms with Crippen LogP contribution in [0.1, 0.15) is 16.7 Å². The Morgan fingerprint density at radius 3 is 2.24 bits per heavy atom. The number of methoxy groups -OCH3 is 2. The van der Waals surface area contributed by atoms with E-state index in [-0.39, 0.29) is 24.7 Å². The van der Waals surface area contributed by atoms with Crippen molar-refractivity contribution < 1.29 is 57.6 Å². The fourth-order valence-electron chi connectivity index (χ4n) is 4.12. The second-order valence-corrected chi connectivity index (χ2v) is 12.0. The number of anilines is 1. The molecular formula is C26H32N2O12P2. The molecule has 1 heterocycles. The van der Waals surface area contributed by atoms with Crippen LogP contribution in [0.4, 0.5) is 5.69 Å². The van der Waals surface area contributed by atoms with Gasteiger partial charge < -0.3 is 14.2 Å². The molecule has 0 saturated heterocycles. The summed E-state index contributed by atoms with van der Waals surface area (Å²) in [4.78, 5) is 69.6. The van der Waals surface area contributed by atoms with E-state index in [0.717, 1.165) is 5.56 Å². The minimum atomic E-state index is -4.90. The third kappa shape index (κ3) is 8.73. The summed E-state index contributed by atoms with van der Waals surface area (Å²) >= 11 is 0. The van der Waals surface area contributed by atoms with Gasteiger partial charge in [-0.1, -0.05) is 0 Å². The number of rotatable bonds is 12. The molecule has 42 heavy (non-hydrogen) atoms. The number of amides is 1. The standard InChI is InChI=1S/C26H32N2O12P2/c1-36-22-10-7-16(3-4-18-13-23(37-2)25-24(14-18)38-15-39-25)11-20(22)27-26(29)21(28-41(30,31)32)12-17-5-8-19(9-6-17)40-42(33,34)35/h3-11,13-14,21,28,30-35,41-42H,12,15H2,1-2H3,(H,27,29)/b4-3-/t21-/m0/s1. The Bertz CT molecular complexity index is 1440. The Kier molecular flexibility index (Phi) is 9.85. The van der Waals surface area contributed by atoms with Crippen molar-refractivity contribution in [2.45, 2.75) is 12.5 Å². The summed E-state index contributed by atoms with van der Waals surface area (Å²) in [7, 11) is -6.73. The van der Waals surface area contributed by atoms with Crippen LogP contribution >= 0.6 is 16.3 Å². The van der Waals surface area contributed by atoms with Crippen molar-refractivity contribution in [2.24, 2.45) is 0 Å². The van der Waals surface area contributed by atoms with Crippen LogP contribution in [0.25, 0.3) is 12.2 Å². The van der Waals surface area contributed by atoms with Crippen LogP contribution in [0.3, 0.4) is 0 Å². The molecule has 1 aliphatic rings. The van der Waals surface area contributed by atoms with Gasteiger partial charge in [-0.2, -0.15) is 0 Å². The fraction of sp³-hybridized carbons (Fsp3) is 0.192. The van der Waals surface area contributed by atoms with Crippen molar-refractivity contribution in [3.63, 3.8) is 0 Å². The zero-order chi connectivity index (χ0) is 30.5. The molecular weight excluding hydrogens is 594 g/mol. The van der Waals surface area contributed by atoms with Crippen molar-refractivity contribution >= 4 is 40.0 Å². The topological polar surface area (TPSA) is 209 Å². The van der Waals surface area contributed by atoms with Gasteiger partial charge in [0.15, 0.2) is 0 Å². The SMILES string of the molecule is COc1ccc(/C=C\c2cc(OC)c3c(c2)OCO3)cc1NC(=O)[C@H](Cc1ccc(O[PH](O)(O)O)cc1)N[PH](O)(O)O. The van der Waals surface area contributed by atoms with Crippen molar-refractivity contribution in [3.8, 4) is 28.7 Å². The maximum atomic E-state index is 13.3. The first-order chi connectivity index (χ1) is 19.8. The Morgan fingerprint density at radius 2 is 1.60 bits per heavy atom. The first-order valence-electron chi connectivity index (χ1n) is 12.4. The number of fused-ring (bicyclic) bond motifs is 1. The number of carbonyl (C=O) groups excluding carboxylic acids is 1. The molecule has 0 aliphatic carbocycles. The van der Waals surface area contributed by atoms with Crippen LogP contribution < -0.4 is 33.9 Å². The predicted octanol–water partition coefficient (Wildman–Crippen LogP) is 1.89. The molecule has 228 valence electrons. The molecule has 0 saturated carbocycles. The van der Waals surface area contributed by atoms with Crippen LogP contribution in [-0.4, -0.2) is 62.3 Å². The molecule has 3 aromatic carbocycles. The van der Waals surface area contributed by atoms with E-state index in [4.69, 9.17) is 33.6 Å². The van der Waals surface area contributed by atoms with Crippen LogP contribution in [0.5, 0.6) is 28.7 Å².